The van der Waals surface area contributed by atoms with E-state index >= 15 is 0 Å². The van der Waals surface area contributed by atoms with E-state index < -0.39 is 72.3 Å². The normalized spacial score (nSPS) is 19.4. The lowest BCUT2D eigenvalue weighted by atomic mass is 10.0. The van der Waals surface area contributed by atoms with E-state index in [1.54, 1.807) is 0 Å². The molecule has 16 nitrogen and oxygen atoms in total. The Balaban J connectivity index is -0.000000380. The first-order chi connectivity index (χ1) is 13.1. The highest BCUT2D eigenvalue weighted by Gasteiger charge is 2.29. The van der Waals surface area contributed by atoms with Crippen LogP contribution < -0.4 is 11.5 Å². The summed E-state index contributed by atoms with van der Waals surface area (Å²) in [5.74, 6) is 0. The lowest BCUT2D eigenvalue weighted by molar-refractivity contribution is -0.118. The lowest BCUT2D eigenvalue weighted by Gasteiger charge is -2.23. The van der Waals surface area contributed by atoms with Gasteiger partial charge < -0.3 is 61.9 Å². The molecule has 0 bridgehead atoms. The molecule has 0 fully saturated rings. The fraction of sp³-hybridized carbons (Fsp3) is 0.833. The quantitative estimate of drug-likeness (QED) is 0.107. The molecule has 8 atom stereocenters. The molecule has 14 N–H and O–H groups in total. The van der Waals surface area contributed by atoms with Crippen molar-refractivity contribution in [1.29, 1.82) is 0 Å². The van der Waals surface area contributed by atoms with Gasteiger partial charge in [0.1, 0.15) is 49.2 Å². The number of rotatable bonds is 10. The maximum absolute atomic E-state index is 10.0. The van der Waals surface area contributed by atoms with Crippen molar-refractivity contribution < 1.29 is 68.0 Å². The van der Waals surface area contributed by atoms with Gasteiger partial charge in [-0.2, -0.15) is 8.42 Å². The Labute approximate surface area is 165 Å². The molecule has 0 aliphatic carbocycles. The number of hydrogen-bond acceptors (Lipinski definition) is 14. The average Bonchev–Trinajstić information content (AvgIpc) is 2.67. The highest BCUT2D eigenvalue weighted by molar-refractivity contribution is 7.79. The number of carbonyl (C=O) groups is 2. The zero-order valence-electron chi connectivity index (χ0n) is 14.9. The Morgan fingerprint density at radius 2 is 0.862 bits per heavy atom. The first-order valence-electron chi connectivity index (χ1n) is 7.50. The van der Waals surface area contributed by atoms with Crippen LogP contribution >= 0.6 is 0 Å². The number of aliphatic hydroxyl groups is 8. The van der Waals surface area contributed by atoms with E-state index in [0.29, 0.717) is 0 Å². The van der Waals surface area contributed by atoms with Gasteiger partial charge in [-0.3, -0.25) is 9.11 Å². The van der Waals surface area contributed by atoms with Crippen LogP contribution in [0.25, 0.3) is 0 Å². The summed E-state index contributed by atoms with van der Waals surface area (Å²) in [6, 6.07) is -2.53. The molecule has 0 aliphatic rings. The second-order valence-corrected chi connectivity index (χ2v) is 6.23. The molecule has 17 heteroatoms. The van der Waals surface area contributed by atoms with Gasteiger partial charge in [0.15, 0.2) is 0 Å². The fourth-order valence-corrected chi connectivity index (χ4v) is 1.29. The summed E-state index contributed by atoms with van der Waals surface area (Å²) in [5, 5.41) is 70.3. The summed E-state index contributed by atoms with van der Waals surface area (Å²) in [4.78, 5) is 20.0. The molecular formula is C12H28N2O14S. The van der Waals surface area contributed by atoms with Crippen molar-refractivity contribution in [2.45, 2.75) is 48.7 Å². The fourth-order valence-electron chi connectivity index (χ4n) is 1.29. The number of aliphatic hydroxyl groups excluding tert-OH is 8. The van der Waals surface area contributed by atoms with Gasteiger partial charge in [-0.25, -0.2) is 0 Å². The SMILES string of the molecule is NC(C=O)C(O)C(O)C(O)CO.NC(C=O)C(O)C(O)C(O)CO.O=S(=O)(O)O. The number of carbonyl (C=O) groups excluding carboxylic acids is 2. The largest absolute Gasteiger partial charge is 0.394 e. The van der Waals surface area contributed by atoms with Gasteiger partial charge in [0, 0.05) is 0 Å². The van der Waals surface area contributed by atoms with E-state index in [4.69, 9.17) is 69.8 Å². The third kappa shape index (κ3) is 17.4. The van der Waals surface area contributed by atoms with E-state index in [1.165, 1.54) is 0 Å². The minimum absolute atomic E-state index is 0.248. The first-order valence-corrected chi connectivity index (χ1v) is 8.90. The third-order valence-electron chi connectivity index (χ3n) is 2.97. The van der Waals surface area contributed by atoms with Gasteiger partial charge in [0.25, 0.3) is 0 Å². The highest BCUT2D eigenvalue weighted by Crippen LogP contribution is 2.02. The van der Waals surface area contributed by atoms with Gasteiger partial charge in [-0.1, -0.05) is 0 Å². The maximum Gasteiger partial charge on any atom is 0.394 e. The Kier molecular flexibility index (Phi) is 18.6. The van der Waals surface area contributed by atoms with Gasteiger partial charge in [-0.15, -0.1) is 0 Å². The zero-order chi connectivity index (χ0) is 23.9. The molecule has 0 saturated heterocycles. The molecular weight excluding hydrogens is 428 g/mol. The van der Waals surface area contributed by atoms with Crippen LogP contribution in [-0.2, 0) is 20.0 Å². The van der Waals surface area contributed by atoms with Crippen LogP contribution in [-0.4, -0.2) is 133 Å². The third-order valence-corrected chi connectivity index (χ3v) is 2.97. The van der Waals surface area contributed by atoms with Crippen LogP contribution in [0.4, 0.5) is 0 Å². The summed E-state index contributed by atoms with van der Waals surface area (Å²) >= 11 is 0. The average molecular weight is 456 g/mol. The molecule has 0 aromatic heterocycles. The number of aldehydes is 2. The Morgan fingerprint density at radius 3 is 1.00 bits per heavy atom. The number of hydrogen-bond donors (Lipinski definition) is 12. The van der Waals surface area contributed by atoms with Crippen molar-refractivity contribution >= 4 is 23.0 Å². The molecule has 0 aromatic rings. The summed E-state index contributed by atoms with van der Waals surface area (Å²) in [6.45, 7) is -1.41. The van der Waals surface area contributed by atoms with Crippen LogP contribution in [0.1, 0.15) is 0 Å². The van der Waals surface area contributed by atoms with E-state index in [1.807, 2.05) is 0 Å². The van der Waals surface area contributed by atoms with Gasteiger partial charge in [0.05, 0.1) is 25.3 Å². The van der Waals surface area contributed by atoms with Crippen molar-refractivity contribution in [2.24, 2.45) is 11.5 Å². The summed E-state index contributed by atoms with van der Waals surface area (Å²) in [7, 11) is -4.67. The highest BCUT2D eigenvalue weighted by atomic mass is 32.3. The van der Waals surface area contributed by atoms with Gasteiger partial charge >= 0.3 is 10.4 Å². The lowest BCUT2D eigenvalue weighted by Crippen LogP contribution is -2.49. The van der Waals surface area contributed by atoms with Crippen LogP contribution in [0.15, 0.2) is 0 Å². The predicted molar refractivity (Wildman–Crippen MR) is 92.5 cm³/mol. The predicted octanol–water partition coefficient (Wildman–Crippen LogP) is -7.48. The van der Waals surface area contributed by atoms with Gasteiger partial charge in [-0.05, 0) is 0 Å². The molecule has 0 saturated carbocycles. The van der Waals surface area contributed by atoms with E-state index in [-0.39, 0.29) is 12.6 Å². The van der Waals surface area contributed by atoms with Crippen molar-refractivity contribution in [3.05, 3.63) is 0 Å². The van der Waals surface area contributed by atoms with Gasteiger partial charge in [0.2, 0.25) is 0 Å². The maximum atomic E-state index is 10.0. The topological polar surface area (TPSA) is 323 Å². The van der Waals surface area contributed by atoms with E-state index in [9.17, 15) is 9.59 Å². The second kappa shape index (κ2) is 16.6. The standard InChI is InChI=1S/2C6H13NO5.H2O4S/c2*7-3(1-8)5(11)6(12)4(10)2-9;1-5(2,3)4/h2*1,3-6,9-12H,2,7H2;(H2,1,2,3,4). The van der Waals surface area contributed by atoms with Crippen molar-refractivity contribution in [3.63, 3.8) is 0 Å². The first kappa shape index (κ1) is 32.5. The Hall–Kier alpha value is -1.19. The van der Waals surface area contributed by atoms with E-state index in [2.05, 4.69) is 0 Å². The molecule has 0 spiro atoms. The van der Waals surface area contributed by atoms with Crippen LogP contribution in [0, 0.1) is 0 Å². The molecule has 0 rings (SSSR count). The molecule has 29 heavy (non-hydrogen) atoms. The van der Waals surface area contributed by atoms with Crippen molar-refractivity contribution in [3.8, 4) is 0 Å². The summed E-state index contributed by atoms with van der Waals surface area (Å²) in [5.41, 5.74) is 10.1. The molecule has 0 aromatic carbocycles. The second-order valence-electron chi connectivity index (χ2n) is 5.34. The molecule has 0 aliphatic heterocycles. The summed E-state index contributed by atoms with van der Waals surface area (Å²) < 4.78 is 31.6. The van der Waals surface area contributed by atoms with Crippen molar-refractivity contribution in [2.75, 3.05) is 13.2 Å². The van der Waals surface area contributed by atoms with E-state index in [0.717, 1.165) is 0 Å². The minimum Gasteiger partial charge on any atom is -0.394 e. The zero-order valence-corrected chi connectivity index (χ0v) is 15.7. The Bertz CT molecular complexity index is 495. The van der Waals surface area contributed by atoms with Crippen LogP contribution in [0.5, 0.6) is 0 Å². The van der Waals surface area contributed by atoms with Crippen molar-refractivity contribution in [1.82, 2.24) is 0 Å². The molecule has 176 valence electrons. The minimum atomic E-state index is -4.67. The van der Waals surface area contributed by atoms with Crippen LogP contribution in [0.3, 0.4) is 0 Å². The smallest absolute Gasteiger partial charge is 0.394 e. The number of nitrogens with two attached hydrogens (primary N) is 2. The summed E-state index contributed by atoms with van der Waals surface area (Å²) in [6.07, 6.45) is -8.85. The monoisotopic (exact) mass is 456 g/mol. The molecule has 0 amide bonds. The Morgan fingerprint density at radius 1 is 0.655 bits per heavy atom. The molecule has 8 unspecified atom stereocenters. The van der Waals surface area contributed by atoms with Crippen LogP contribution in [0.2, 0.25) is 0 Å². The molecule has 0 radical (unpaired) electrons. The molecule has 0 heterocycles.